The molecule has 10 heteroatoms. The lowest BCUT2D eigenvalue weighted by Crippen LogP contribution is -2.16. The summed E-state index contributed by atoms with van der Waals surface area (Å²) in [5, 5.41) is 2.98. The Bertz CT molecular complexity index is 1110. The summed E-state index contributed by atoms with van der Waals surface area (Å²) in [6.45, 7) is 5.73. The van der Waals surface area contributed by atoms with Gasteiger partial charge in [-0.1, -0.05) is 12.7 Å². The highest BCUT2D eigenvalue weighted by atomic mass is 35.5. The van der Waals surface area contributed by atoms with Crippen LogP contribution in [0, 0.1) is 0 Å². The summed E-state index contributed by atoms with van der Waals surface area (Å²) in [6.07, 6.45) is 3.29. The zero-order chi connectivity index (χ0) is 20.5. The highest BCUT2D eigenvalue weighted by molar-refractivity contribution is 7.91. The predicted molar refractivity (Wildman–Crippen MR) is 109 cm³/mol. The largest absolute Gasteiger partial charge is 0.365 e. The van der Waals surface area contributed by atoms with Gasteiger partial charge in [-0.25, -0.2) is 18.4 Å². The fourth-order valence-electron chi connectivity index (χ4n) is 2.67. The van der Waals surface area contributed by atoms with Crippen molar-refractivity contribution < 1.29 is 13.2 Å². The maximum Gasteiger partial charge on any atom is 0.254 e. The van der Waals surface area contributed by atoms with E-state index in [-0.39, 0.29) is 28.2 Å². The molecule has 0 unspecified atom stereocenters. The van der Waals surface area contributed by atoms with Crippen molar-refractivity contribution in [2.24, 2.45) is 5.73 Å². The number of anilines is 2. The second-order valence-electron chi connectivity index (χ2n) is 6.39. The summed E-state index contributed by atoms with van der Waals surface area (Å²) in [4.78, 5) is 24.0. The number of sulfone groups is 1. The number of nitrogens with zero attached hydrogens (tertiary/aromatic N) is 3. The summed E-state index contributed by atoms with van der Waals surface area (Å²) in [5.74, 6) is -0.475. The molecule has 0 saturated carbocycles. The minimum Gasteiger partial charge on any atom is -0.365 e. The lowest BCUT2D eigenvalue weighted by molar-refractivity contribution is 0.100. The number of hydrogen-bond acceptors (Lipinski definition) is 7. The molecule has 0 aliphatic carbocycles. The molecule has 0 bridgehead atoms. The molecule has 28 heavy (non-hydrogen) atoms. The fraction of sp³-hybridized carbons (Fsp3) is 0.222. The number of amides is 1. The molecule has 3 N–H and O–H groups in total. The van der Waals surface area contributed by atoms with E-state index in [0.717, 1.165) is 11.1 Å². The van der Waals surface area contributed by atoms with E-state index < -0.39 is 15.7 Å². The Balaban J connectivity index is 2.04. The number of nitrogens with one attached hydrogen (secondary N) is 1. The summed E-state index contributed by atoms with van der Waals surface area (Å²) in [5.41, 5.74) is 8.84. The van der Waals surface area contributed by atoms with Gasteiger partial charge in [0.1, 0.15) is 11.4 Å². The Kier molecular flexibility index (Phi) is 5.48. The van der Waals surface area contributed by atoms with Gasteiger partial charge in [0.05, 0.1) is 22.9 Å². The van der Waals surface area contributed by atoms with Gasteiger partial charge in [-0.15, -0.1) is 0 Å². The SMILES string of the molecule is C=C(C)c1cc(Nc2nc(Cl)ncc2C(N)=O)cc(C2=CCS(=O)(=O)CC2)n1. The average Bonchev–Trinajstić information content (AvgIpc) is 2.61. The van der Waals surface area contributed by atoms with Crippen LogP contribution in [0.5, 0.6) is 0 Å². The number of pyridine rings is 1. The minimum absolute atomic E-state index is 0.0165. The summed E-state index contributed by atoms with van der Waals surface area (Å²) >= 11 is 5.84. The van der Waals surface area contributed by atoms with Gasteiger partial charge in [0.15, 0.2) is 9.84 Å². The second kappa shape index (κ2) is 7.69. The number of nitrogens with two attached hydrogens (primary N) is 1. The number of carbonyl (C=O) groups excluding carboxylic acids is 1. The third-order valence-corrected chi connectivity index (χ3v) is 5.83. The monoisotopic (exact) mass is 419 g/mol. The molecule has 2 aromatic rings. The van der Waals surface area contributed by atoms with E-state index in [1.54, 1.807) is 18.2 Å². The molecule has 1 aliphatic rings. The Morgan fingerprint density at radius 3 is 2.68 bits per heavy atom. The smallest absolute Gasteiger partial charge is 0.254 e. The quantitative estimate of drug-likeness (QED) is 0.712. The maximum atomic E-state index is 11.7. The Morgan fingerprint density at radius 2 is 2.07 bits per heavy atom. The Morgan fingerprint density at radius 1 is 1.32 bits per heavy atom. The van der Waals surface area contributed by atoms with Crippen LogP contribution >= 0.6 is 11.6 Å². The van der Waals surface area contributed by atoms with Gasteiger partial charge in [0.2, 0.25) is 5.28 Å². The van der Waals surface area contributed by atoms with Crippen LogP contribution in [0.2, 0.25) is 5.28 Å². The van der Waals surface area contributed by atoms with Crippen LogP contribution < -0.4 is 11.1 Å². The van der Waals surface area contributed by atoms with Crippen molar-refractivity contribution in [3.05, 3.63) is 53.2 Å². The first-order chi connectivity index (χ1) is 13.1. The molecule has 0 radical (unpaired) electrons. The van der Waals surface area contributed by atoms with Gasteiger partial charge in [-0.3, -0.25) is 4.79 Å². The average molecular weight is 420 g/mol. The fourth-order valence-corrected chi connectivity index (χ4v) is 3.96. The molecule has 1 amide bonds. The van der Waals surface area contributed by atoms with E-state index in [0.29, 0.717) is 23.5 Å². The maximum absolute atomic E-state index is 11.7. The lowest BCUT2D eigenvalue weighted by atomic mass is 10.1. The van der Waals surface area contributed by atoms with Crippen LogP contribution in [0.15, 0.2) is 31.0 Å². The van der Waals surface area contributed by atoms with Gasteiger partial charge >= 0.3 is 0 Å². The van der Waals surface area contributed by atoms with Gasteiger partial charge in [0, 0.05) is 11.9 Å². The molecule has 1 aliphatic heterocycles. The number of rotatable bonds is 5. The van der Waals surface area contributed by atoms with E-state index in [4.69, 9.17) is 17.3 Å². The number of carbonyl (C=O) groups is 1. The molecular formula is C18H18ClN5O3S. The van der Waals surface area contributed by atoms with E-state index in [1.807, 2.05) is 6.92 Å². The zero-order valence-electron chi connectivity index (χ0n) is 15.1. The molecule has 3 heterocycles. The molecule has 0 fully saturated rings. The molecular weight excluding hydrogens is 402 g/mol. The molecule has 0 aromatic carbocycles. The number of primary amides is 1. The summed E-state index contributed by atoms with van der Waals surface area (Å²) < 4.78 is 23.4. The topological polar surface area (TPSA) is 128 Å². The van der Waals surface area contributed by atoms with Crippen molar-refractivity contribution in [2.45, 2.75) is 13.3 Å². The molecule has 2 aromatic heterocycles. The number of allylic oxidation sites excluding steroid dienone is 2. The van der Waals surface area contributed by atoms with Gasteiger partial charge < -0.3 is 11.1 Å². The van der Waals surface area contributed by atoms with Crippen molar-refractivity contribution in [1.29, 1.82) is 0 Å². The highest BCUT2D eigenvalue weighted by Gasteiger charge is 2.20. The number of aromatic nitrogens is 3. The van der Waals surface area contributed by atoms with E-state index in [2.05, 4.69) is 26.8 Å². The van der Waals surface area contributed by atoms with Crippen molar-refractivity contribution >= 4 is 50.0 Å². The normalized spacial score (nSPS) is 15.6. The molecule has 8 nitrogen and oxygen atoms in total. The minimum atomic E-state index is -3.05. The first kappa shape index (κ1) is 20.0. The molecule has 0 atom stereocenters. The van der Waals surface area contributed by atoms with Gasteiger partial charge in [0.25, 0.3) is 5.91 Å². The van der Waals surface area contributed by atoms with Crippen LogP contribution in [0.25, 0.3) is 11.1 Å². The van der Waals surface area contributed by atoms with Crippen molar-refractivity contribution in [2.75, 3.05) is 16.8 Å². The number of hydrogen-bond donors (Lipinski definition) is 2. The van der Waals surface area contributed by atoms with Gasteiger partial charge in [-0.2, -0.15) is 4.98 Å². The first-order valence-corrected chi connectivity index (χ1v) is 10.5. The van der Waals surface area contributed by atoms with Crippen LogP contribution in [-0.2, 0) is 9.84 Å². The Labute approximate surface area is 167 Å². The molecule has 0 spiro atoms. The van der Waals surface area contributed by atoms with Crippen LogP contribution in [-0.4, -0.2) is 40.8 Å². The van der Waals surface area contributed by atoms with Crippen LogP contribution in [0.4, 0.5) is 11.5 Å². The second-order valence-corrected chi connectivity index (χ2v) is 8.96. The molecule has 3 rings (SSSR count). The summed E-state index contributed by atoms with van der Waals surface area (Å²) in [6, 6.07) is 3.49. The first-order valence-electron chi connectivity index (χ1n) is 8.32. The van der Waals surface area contributed by atoms with Gasteiger partial charge in [-0.05, 0) is 48.2 Å². The third kappa shape index (κ3) is 4.55. The van der Waals surface area contributed by atoms with E-state index >= 15 is 0 Å². The van der Waals surface area contributed by atoms with Crippen molar-refractivity contribution in [3.8, 4) is 0 Å². The highest BCUT2D eigenvalue weighted by Crippen LogP contribution is 2.28. The lowest BCUT2D eigenvalue weighted by Gasteiger charge is -2.16. The number of halogens is 1. The summed E-state index contributed by atoms with van der Waals surface area (Å²) in [7, 11) is -3.05. The molecule has 146 valence electrons. The predicted octanol–water partition coefficient (Wildman–Crippen LogP) is 2.60. The van der Waals surface area contributed by atoms with Crippen molar-refractivity contribution in [3.63, 3.8) is 0 Å². The Hall–Kier alpha value is -2.78. The van der Waals surface area contributed by atoms with Crippen LogP contribution in [0.3, 0.4) is 0 Å². The van der Waals surface area contributed by atoms with E-state index in [1.165, 1.54) is 6.20 Å². The zero-order valence-corrected chi connectivity index (χ0v) is 16.6. The standard InChI is InChI=1S/C18H18ClN5O3S/c1-10(2)14-7-12(22-17-13(16(20)25)9-21-18(19)24-17)8-15(23-14)11-3-5-28(26,27)6-4-11/h3,7-9H,1,4-6H2,2H3,(H2,20,25)(H,21,22,23,24). The van der Waals surface area contributed by atoms with E-state index in [9.17, 15) is 13.2 Å². The third-order valence-electron chi connectivity index (χ3n) is 4.15. The molecule has 0 saturated heterocycles. The van der Waals surface area contributed by atoms with Crippen molar-refractivity contribution in [1.82, 2.24) is 15.0 Å². The van der Waals surface area contributed by atoms with Crippen LogP contribution in [0.1, 0.15) is 35.1 Å².